The summed E-state index contributed by atoms with van der Waals surface area (Å²) in [5.74, 6) is -0.394. The Kier molecular flexibility index (Phi) is 6.90. The molecule has 1 atom stereocenters. The SMILES string of the molecule is CC1(C)CCC(OC(=O)[C@H](Cc2ccccc2)NC(=O)OC(C)(C)C)CC1. The Hall–Kier alpha value is -2.04. The van der Waals surface area contributed by atoms with E-state index in [-0.39, 0.29) is 6.10 Å². The monoisotopic (exact) mass is 375 g/mol. The smallest absolute Gasteiger partial charge is 0.408 e. The van der Waals surface area contributed by atoms with Gasteiger partial charge in [-0.05, 0) is 57.4 Å². The summed E-state index contributed by atoms with van der Waals surface area (Å²) >= 11 is 0. The lowest BCUT2D eigenvalue weighted by Crippen LogP contribution is -2.46. The van der Waals surface area contributed by atoms with E-state index in [4.69, 9.17) is 9.47 Å². The highest BCUT2D eigenvalue weighted by molar-refractivity contribution is 5.82. The normalized spacial score (nSPS) is 18.4. The predicted molar refractivity (Wildman–Crippen MR) is 105 cm³/mol. The number of carbonyl (C=O) groups excluding carboxylic acids is 2. The lowest BCUT2D eigenvalue weighted by Gasteiger charge is -2.34. The molecule has 0 saturated heterocycles. The second-order valence-electron chi connectivity index (χ2n) is 9.19. The van der Waals surface area contributed by atoms with Crippen molar-refractivity contribution in [3.8, 4) is 0 Å². The number of esters is 1. The standard InChI is InChI=1S/C22H33NO4/c1-21(2,3)27-20(25)23-18(15-16-9-7-6-8-10-16)19(24)26-17-11-13-22(4,5)14-12-17/h6-10,17-18H,11-15H2,1-5H3,(H,23,25)/t18-/m0/s1. The summed E-state index contributed by atoms with van der Waals surface area (Å²) in [5.41, 5.74) is 0.640. The summed E-state index contributed by atoms with van der Waals surface area (Å²) in [6, 6.07) is 8.84. The first-order chi connectivity index (χ1) is 12.5. The zero-order valence-corrected chi connectivity index (χ0v) is 17.2. The van der Waals surface area contributed by atoms with Crippen molar-refractivity contribution < 1.29 is 19.1 Å². The van der Waals surface area contributed by atoms with Crippen LogP contribution in [0.15, 0.2) is 30.3 Å². The van der Waals surface area contributed by atoms with Gasteiger partial charge in [0.2, 0.25) is 0 Å². The minimum atomic E-state index is -0.766. The van der Waals surface area contributed by atoms with Gasteiger partial charge in [-0.1, -0.05) is 44.2 Å². The lowest BCUT2D eigenvalue weighted by molar-refractivity contribution is -0.154. The highest BCUT2D eigenvalue weighted by Gasteiger charge is 2.32. The van der Waals surface area contributed by atoms with Crippen LogP contribution in [0.25, 0.3) is 0 Å². The second kappa shape index (κ2) is 8.77. The highest BCUT2D eigenvalue weighted by atomic mass is 16.6. The maximum absolute atomic E-state index is 12.8. The van der Waals surface area contributed by atoms with Crippen LogP contribution in [-0.4, -0.2) is 29.8 Å². The summed E-state index contributed by atoms with van der Waals surface area (Å²) in [5, 5.41) is 2.69. The molecule has 5 heteroatoms. The van der Waals surface area contributed by atoms with Crippen molar-refractivity contribution in [1.29, 1.82) is 0 Å². The van der Waals surface area contributed by atoms with Crippen LogP contribution >= 0.6 is 0 Å². The van der Waals surface area contributed by atoms with E-state index >= 15 is 0 Å². The summed E-state index contributed by atoms with van der Waals surface area (Å²) in [4.78, 5) is 25.0. The van der Waals surface area contributed by atoms with Crippen molar-refractivity contribution in [3.63, 3.8) is 0 Å². The zero-order valence-electron chi connectivity index (χ0n) is 17.2. The number of carbonyl (C=O) groups is 2. The van der Waals surface area contributed by atoms with Crippen LogP contribution < -0.4 is 5.32 Å². The molecule has 1 aliphatic carbocycles. The minimum absolute atomic E-state index is 0.0794. The lowest BCUT2D eigenvalue weighted by atomic mass is 9.76. The molecule has 2 rings (SSSR count). The molecule has 1 saturated carbocycles. The van der Waals surface area contributed by atoms with Gasteiger partial charge in [-0.2, -0.15) is 0 Å². The largest absolute Gasteiger partial charge is 0.461 e. The summed E-state index contributed by atoms with van der Waals surface area (Å²) in [6.45, 7) is 9.86. The number of rotatable bonds is 5. The van der Waals surface area contributed by atoms with Gasteiger partial charge < -0.3 is 14.8 Å². The van der Waals surface area contributed by atoms with Crippen molar-refractivity contribution in [1.82, 2.24) is 5.32 Å². The van der Waals surface area contributed by atoms with E-state index in [2.05, 4.69) is 19.2 Å². The Bertz CT molecular complexity index is 623. The molecule has 0 heterocycles. The maximum Gasteiger partial charge on any atom is 0.408 e. The van der Waals surface area contributed by atoms with Gasteiger partial charge in [0.15, 0.2) is 0 Å². The van der Waals surface area contributed by atoms with Crippen molar-refractivity contribution in [3.05, 3.63) is 35.9 Å². The first-order valence-corrected chi connectivity index (χ1v) is 9.78. The quantitative estimate of drug-likeness (QED) is 0.762. The molecule has 1 aliphatic rings. The van der Waals surface area contributed by atoms with Gasteiger partial charge in [0.05, 0.1) is 0 Å². The molecule has 27 heavy (non-hydrogen) atoms. The Balaban J connectivity index is 2.01. The molecular formula is C22H33NO4. The van der Waals surface area contributed by atoms with Gasteiger partial charge in [0.1, 0.15) is 17.7 Å². The fourth-order valence-electron chi connectivity index (χ4n) is 3.23. The van der Waals surface area contributed by atoms with Crippen LogP contribution in [0.4, 0.5) is 4.79 Å². The van der Waals surface area contributed by atoms with Crippen LogP contribution in [0.5, 0.6) is 0 Å². The van der Waals surface area contributed by atoms with Gasteiger partial charge in [-0.3, -0.25) is 0 Å². The molecule has 0 radical (unpaired) electrons. The van der Waals surface area contributed by atoms with E-state index in [1.165, 1.54) is 0 Å². The fraction of sp³-hybridized carbons (Fsp3) is 0.636. The first-order valence-electron chi connectivity index (χ1n) is 9.78. The van der Waals surface area contributed by atoms with Crippen molar-refractivity contribution in [2.45, 2.75) is 84.5 Å². The number of nitrogens with one attached hydrogen (secondary N) is 1. The van der Waals surface area contributed by atoms with E-state index < -0.39 is 23.7 Å². The van der Waals surface area contributed by atoms with Crippen LogP contribution in [0.3, 0.4) is 0 Å². The molecule has 1 N–H and O–H groups in total. The van der Waals surface area contributed by atoms with E-state index in [9.17, 15) is 9.59 Å². The van der Waals surface area contributed by atoms with Crippen LogP contribution in [-0.2, 0) is 20.7 Å². The van der Waals surface area contributed by atoms with E-state index in [1.54, 1.807) is 20.8 Å². The molecule has 0 bridgehead atoms. The zero-order chi connectivity index (χ0) is 20.1. The highest BCUT2D eigenvalue weighted by Crippen LogP contribution is 2.36. The Morgan fingerprint density at radius 1 is 1.15 bits per heavy atom. The van der Waals surface area contributed by atoms with Crippen molar-refractivity contribution >= 4 is 12.1 Å². The van der Waals surface area contributed by atoms with Crippen LogP contribution in [0, 0.1) is 5.41 Å². The fourth-order valence-corrected chi connectivity index (χ4v) is 3.23. The molecule has 0 aromatic heterocycles. The number of ether oxygens (including phenoxy) is 2. The van der Waals surface area contributed by atoms with Gasteiger partial charge in [-0.25, -0.2) is 9.59 Å². The van der Waals surface area contributed by atoms with Gasteiger partial charge in [0.25, 0.3) is 0 Å². The second-order valence-corrected chi connectivity index (χ2v) is 9.19. The van der Waals surface area contributed by atoms with Crippen molar-refractivity contribution in [2.24, 2.45) is 5.41 Å². The minimum Gasteiger partial charge on any atom is -0.461 e. The Labute approximate surface area is 162 Å². The first kappa shape index (κ1) is 21.3. The van der Waals surface area contributed by atoms with E-state index in [0.717, 1.165) is 31.2 Å². The molecule has 150 valence electrons. The molecular weight excluding hydrogens is 342 g/mol. The molecule has 5 nitrogen and oxygen atoms in total. The van der Waals surface area contributed by atoms with Gasteiger partial charge >= 0.3 is 12.1 Å². The van der Waals surface area contributed by atoms with Crippen LogP contribution in [0.1, 0.15) is 65.9 Å². The molecule has 0 unspecified atom stereocenters. The summed E-state index contributed by atoms with van der Waals surface area (Å²) in [6.07, 6.45) is 3.49. The summed E-state index contributed by atoms with van der Waals surface area (Å²) in [7, 11) is 0. The molecule has 0 spiro atoms. The molecule has 1 aromatic rings. The topological polar surface area (TPSA) is 64.6 Å². The molecule has 0 aliphatic heterocycles. The molecule has 1 aromatic carbocycles. The summed E-state index contributed by atoms with van der Waals surface area (Å²) < 4.78 is 11.1. The number of benzene rings is 1. The average Bonchev–Trinajstić information content (AvgIpc) is 2.55. The van der Waals surface area contributed by atoms with Gasteiger partial charge in [-0.15, -0.1) is 0 Å². The van der Waals surface area contributed by atoms with Crippen molar-refractivity contribution in [2.75, 3.05) is 0 Å². The van der Waals surface area contributed by atoms with E-state index in [0.29, 0.717) is 11.8 Å². The molecule has 1 fully saturated rings. The predicted octanol–water partition coefficient (Wildman–Crippen LogP) is 4.63. The average molecular weight is 376 g/mol. The number of hydrogen-bond donors (Lipinski definition) is 1. The number of alkyl carbamates (subject to hydrolysis) is 1. The van der Waals surface area contributed by atoms with E-state index in [1.807, 2.05) is 30.3 Å². The maximum atomic E-state index is 12.8. The third-order valence-corrected chi connectivity index (χ3v) is 4.83. The van der Waals surface area contributed by atoms with Crippen LogP contribution in [0.2, 0.25) is 0 Å². The number of amides is 1. The third-order valence-electron chi connectivity index (χ3n) is 4.83. The Morgan fingerprint density at radius 2 is 1.74 bits per heavy atom. The third kappa shape index (κ3) is 7.61. The Morgan fingerprint density at radius 3 is 2.30 bits per heavy atom. The molecule has 1 amide bonds. The number of hydrogen-bond acceptors (Lipinski definition) is 4. The van der Waals surface area contributed by atoms with Gasteiger partial charge in [0, 0.05) is 6.42 Å².